The first-order chi connectivity index (χ1) is 3.93. The molecule has 0 heterocycles. The molecule has 56 valence electrons. The van der Waals surface area contributed by atoms with Gasteiger partial charge in [-0.3, -0.25) is 0 Å². The van der Waals surface area contributed by atoms with Crippen molar-refractivity contribution in [1.29, 1.82) is 0 Å². The fraction of sp³-hybridized carbons (Fsp3) is 1.00. The molecule has 1 aliphatic rings. The molecule has 1 saturated carbocycles. The zero-order chi connectivity index (χ0) is 5.82. The zero-order valence-electron chi connectivity index (χ0n) is 6.02. The second kappa shape index (κ2) is 5.50. The Kier molecular flexibility index (Phi) is 5.94. The lowest BCUT2D eigenvalue weighted by atomic mass is 10.00. The molecule has 0 bridgehead atoms. The summed E-state index contributed by atoms with van der Waals surface area (Å²) in [5, 5.41) is 0. The van der Waals surface area contributed by atoms with Crippen LogP contribution in [0.5, 0.6) is 0 Å². The predicted octanol–water partition coefficient (Wildman–Crippen LogP) is 3.05. The molecule has 0 amide bonds. The first-order valence-electron chi connectivity index (χ1n) is 3.67. The Morgan fingerprint density at radius 2 is 2.11 bits per heavy atom. The van der Waals surface area contributed by atoms with E-state index in [0.29, 0.717) is 0 Å². The van der Waals surface area contributed by atoms with E-state index in [4.69, 9.17) is 0 Å². The van der Waals surface area contributed by atoms with Gasteiger partial charge < -0.3 is 0 Å². The number of rotatable bonds is 3. The van der Waals surface area contributed by atoms with Gasteiger partial charge in [-0.05, 0) is 24.7 Å². The molecule has 9 heavy (non-hydrogen) atoms. The monoisotopic (exact) mass is 166 g/mol. The van der Waals surface area contributed by atoms with Crippen molar-refractivity contribution < 1.29 is 0 Å². The largest absolute Gasteiger partial charge is 0.147 e. The minimum atomic E-state index is 0. The van der Waals surface area contributed by atoms with E-state index < -0.39 is 0 Å². The molecule has 1 rings (SSSR count). The summed E-state index contributed by atoms with van der Waals surface area (Å²) < 4.78 is 0. The van der Waals surface area contributed by atoms with Crippen molar-refractivity contribution in [2.24, 2.45) is 0 Å². The first-order valence-corrected chi connectivity index (χ1v) is 4.95. The fourth-order valence-electron chi connectivity index (χ4n) is 0.961. The molecule has 1 fully saturated rings. The van der Waals surface area contributed by atoms with E-state index in [9.17, 15) is 0 Å². The molecule has 0 aromatic heterocycles. The fourth-order valence-corrected chi connectivity index (χ4v) is 2.47. The smallest absolute Gasteiger partial charge is 0.0237 e. The van der Waals surface area contributed by atoms with Crippen molar-refractivity contribution in [3.63, 3.8) is 0 Å². The Bertz CT molecular complexity index is 61.9. The van der Waals surface area contributed by atoms with E-state index in [1.807, 2.05) is 0 Å². The summed E-state index contributed by atoms with van der Waals surface area (Å²) in [7, 11) is 1.29. The van der Waals surface area contributed by atoms with Crippen LogP contribution in [0.3, 0.4) is 0 Å². The average Bonchev–Trinajstić information content (AvgIpc) is 1.63. The van der Waals surface area contributed by atoms with Gasteiger partial charge in [0, 0.05) is 0 Å². The summed E-state index contributed by atoms with van der Waals surface area (Å²) in [6.07, 6.45) is 7.48. The maximum Gasteiger partial charge on any atom is -0.0237 e. The molecule has 0 spiro atoms. The third-order valence-corrected chi connectivity index (χ3v) is 3.73. The van der Waals surface area contributed by atoms with Crippen LogP contribution in [0.15, 0.2) is 0 Å². The molecule has 1 atom stereocenters. The molecule has 0 N–H and O–H groups in total. The van der Waals surface area contributed by atoms with Crippen LogP contribution >= 0.6 is 21.0 Å². The van der Waals surface area contributed by atoms with Gasteiger partial charge in [-0.25, -0.2) is 0 Å². The van der Waals surface area contributed by atoms with E-state index in [1.165, 1.54) is 27.6 Å². The Labute approximate surface area is 66.0 Å². The highest BCUT2D eigenvalue weighted by Gasteiger charge is 2.15. The third-order valence-electron chi connectivity index (χ3n) is 1.79. The molecule has 0 radical (unpaired) electrons. The van der Waals surface area contributed by atoms with Gasteiger partial charge in [0.15, 0.2) is 0 Å². The highest BCUT2D eigenvalue weighted by atomic mass is 35.5. The van der Waals surface area contributed by atoms with Crippen LogP contribution in [0.4, 0.5) is 0 Å². The molecule has 0 aromatic rings. The summed E-state index contributed by atoms with van der Waals surface area (Å²) in [4.78, 5) is 0. The van der Waals surface area contributed by atoms with Crippen molar-refractivity contribution in [2.75, 3.05) is 6.16 Å². The molecule has 1 aliphatic carbocycles. The molecular formula is C7H16ClP. The summed E-state index contributed by atoms with van der Waals surface area (Å²) in [6, 6.07) is 0. The van der Waals surface area contributed by atoms with E-state index in [-0.39, 0.29) is 12.4 Å². The Hall–Kier alpha value is 0.720. The number of halogens is 1. The van der Waals surface area contributed by atoms with Crippen molar-refractivity contribution in [3.05, 3.63) is 0 Å². The van der Waals surface area contributed by atoms with Gasteiger partial charge >= 0.3 is 0 Å². The first kappa shape index (κ1) is 9.72. The summed E-state index contributed by atoms with van der Waals surface area (Å²) in [6.45, 7) is 2.28. The zero-order valence-corrected chi connectivity index (χ0v) is 7.84. The maximum absolute atomic E-state index is 2.28. The van der Waals surface area contributed by atoms with E-state index in [0.717, 1.165) is 5.66 Å². The Morgan fingerprint density at radius 3 is 2.44 bits per heavy atom. The van der Waals surface area contributed by atoms with Gasteiger partial charge in [0.2, 0.25) is 0 Å². The highest BCUT2D eigenvalue weighted by Crippen LogP contribution is 2.35. The summed E-state index contributed by atoms with van der Waals surface area (Å²) in [5.74, 6) is 0. The van der Waals surface area contributed by atoms with Crippen LogP contribution in [0.2, 0.25) is 0 Å². The topological polar surface area (TPSA) is 0 Å². The van der Waals surface area contributed by atoms with Gasteiger partial charge in [0.25, 0.3) is 0 Å². The molecule has 0 aromatic carbocycles. The lowest BCUT2D eigenvalue weighted by Crippen LogP contribution is -2.11. The minimum absolute atomic E-state index is 0. The molecule has 0 aliphatic heterocycles. The molecule has 0 nitrogen and oxygen atoms in total. The highest BCUT2D eigenvalue weighted by molar-refractivity contribution is 7.38. The third kappa shape index (κ3) is 3.43. The quantitative estimate of drug-likeness (QED) is 0.566. The Morgan fingerprint density at radius 1 is 1.44 bits per heavy atom. The van der Waals surface area contributed by atoms with Gasteiger partial charge in [0.1, 0.15) is 0 Å². The van der Waals surface area contributed by atoms with Crippen molar-refractivity contribution in [3.8, 4) is 0 Å². The molecule has 0 saturated heterocycles. The van der Waals surface area contributed by atoms with Crippen LogP contribution in [0.25, 0.3) is 0 Å². The van der Waals surface area contributed by atoms with Crippen LogP contribution in [0.1, 0.15) is 32.6 Å². The normalized spacial score (nSPS) is 19.7. The summed E-state index contributed by atoms with van der Waals surface area (Å²) in [5.41, 5.74) is 1.16. The van der Waals surface area contributed by atoms with Crippen LogP contribution < -0.4 is 0 Å². The second-order valence-corrected chi connectivity index (χ2v) is 4.31. The number of hydrogen-bond acceptors (Lipinski definition) is 0. The molecule has 1 unspecified atom stereocenters. The second-order valence-electron chi connectivity index (χ2n) is 2.58. The van der Waals surface area contributed by atoms with Gasteiger partial charge in [0.05, 0.1) is 0 Å². The van der Waals surface area contributed by atoms with Crippen molar-refractivity contribution in [1.82, 2.24) is 0 Å². The van der Waals surface area contributed by atoms with Crippen LogP contribution in [-0.4, -0.2) is 11.8 Å². The lowest BCUT2D eigenvalue weighted by molar-refractivity contribution is 0.517. The number of hydrogen-bond donors (Lipinski definition) is 0. The maximum atomic E-state index is 2.28. The molecular weight excluding hydrogens is 151 g/mol. The van der Waals surface area contributed by atoms with Crippen molar-refractivity contribution >= 4 is 21.0 Å². The van der Waals surface area contributed by atoms with Crippen LogP contribution in [0, 0.1) is 0 Å². The molecule has 2 heteroatoms. The van der Waals surface area contributed by atoms with Gasteiger partial charge in [-0.1, -0.05) is 19.8 Å². The van der Waals surface area contributed by atoms with Gasteiger partial charge in [-0.2, -0.15) is 0 Å². The standard InChI is InChI=1S/C7H15P.ClH/c1-2-6-8-7-4-3-5-7;/h7-8H,2-6H2,1H3;1H. The van der Waals surface area contributed by atoms with E-state index in [1.54, 1.807) is 12.8 Å². The predicted molar refractivity (Wildman–Crippen MR) is 48.4 cm³/mol. The minimum Gasteiger partial charge on any atom is -0.147 e. The van der Waals surface area contributed by atoms with Crippen LogP contribution in [-0.2, 0) is 0 Å². The Balaban J connectivity index is 0.000000640. The van der Waals surface area contributed by atoms with Gasteiger partial charge in [-0.15, -0.1) is 21.0 Å². The SMILES string of the molecule is CCCPC1CCC1.Cl. The average molecular weight is 167 g/mol. The van der Waals surface area contributed by atoms with Crippen molar-refractivity contribution in [2.45, 2.75) is 38.3 Å². The van der Waals surface area contributed by atoms with E-state index >= 15 is 0 Å². The lowest BCUT2D eigenvalue weighted by Gasteiger charge is -2.24. The summed E-state index contributed by atoms with van der Waals surface area (Å²) >= 11 is 0. The van der Waals surface area contributed by atoms with E-state index in [2.05, 4.69) is 6.92 Å².